The van der Waals surface area contributed by atoms with E-state index in [1.807, 2.05) is 48.5 Å². The van der Waals surface area contributed by atoms with E-state index in [1.165, 1.54) is 5.39 Å². The van der Waals surface area contributed by atoms with Crippen LogP contribution in [0.2, 0.25) is 0 Å². The molecule has 56 heavy (non-hydrogen) atoms. The van der Waals surface area contributed by atoms with Gasteiger partial charge < -0.3 is 8.98 Å². The van der Waals surface area contributed by atoms with E-state index in [1.54, 1.807) is 0 Å². The molecule has 0 aliphatic heterocycles. The van der Waals surface area contributed by atoms with Crippen molar-refractivity contribution in [1.29, 1.82) is 0 Å². The molecule has 0 N–H and O–H groups in total. The molecule has 3 heterocycles. The van der Waals surface area contributed by atoms with Crippen LogP contribution >= 0.6 is 0 Å². The van der Waals surface area contributed by atoms with Crippen molar-refractivity contribution in [2.45, 2.75) is 0 Å². The summed E-state index contributed by atoms with van der Waals surface area (Å²) >= 11 is 0. The molecule has 262 valence electrons. The lowest BCUT2D eigenvalue weighted by molar-refractivity contribution is 0.670. The number of hydrogen-bond acceptors (Lipinski definition) is 4. The maximum Gasteiger partial charge on any atom is 0.166 e. The van der Waals surface area contributed by atoms with Crippen LogP contribution in [0.25, 0.3) is 106 Å². The predicted molar refractivity (Wildman–Crippen MR) is 229 cm³/mol. The number of benzene rings is 8. The molecule has 11 aromatic rings. The van der Waals surface area contributed by atoms with Crippen molar-refractivity contribution in [2.24, 2.45) is 0 Å². The van der Waals surface area contributed by atoms with Gasteiger partial charge in [-0.25, -0.2) is 15.0 Å². The van der Waals surface area contributed by atoms with Crippen LogP contribution in [0.15, 0.2) is 199 Å². The van der Waals surface area contributed by atoms with Crippen molar-refractivity contribution in [3.8, 4) is 62.1 Å². The summed E-state index contributed by atoms with van der Waals surface area (Å²) in [5, 5.41) is 4.41. The zero-order valence-electron chi connectivity index (χ0n) is 30.2. The quantitative estimate of drug-likeness (QED) is 0.172. The summed E-state index contributed by atoms with van der Waals surface area (Å²) in [5.41, 5.74) is 12.0. The Kier molecular flexibility index (Phi) is 7.42. The van der Waals surface area contributed by atoms with Crippen LogP contribution < -0.4 is 0 Å². The fraction of sp³-hybridized carbons (Fsp3) is 0. The van der Waals surface area contributed by atoms with Gasteiger partial charge in [0.05, 0.1) is 11.0 Å². The zero-order chi connectivity index (χ0) is 37.0. The minimum Gasteiger partial charge on any atom is -0.455 e. The first-order valence-corrected chi connectivity index (χ1v) is 18.8. The Morgan fingerprint density at radius 1 is 0.357 bits per heavy atom. The van der Waals surface area contributed by atoms with Crippen molar-refractivity contribution >= 4 is 43.7 Å². The molecule has 8 aromatic carbocycles. The molecule has 11 rings (SSSR count). The largest absolute Gasteiger partial charge is 0.455 e. The van der Waals surface area contributed by atoms with E-state index in [4.69, 9.17) is 19.4 Å². The van der Waals surface area contributed by atoms with Gasteiger partial charge in [0.15, 0.2) is 17.5 Å². The summed E-state index contributed by atoms with van der Waals surface area (Å²) < 4.78 is 9.12. The molecule has 0 bridgehead atoms. The fourth-order valence-corrected chi connectivity index (χ4v) is 8.03. The molecule has 3 aromatic heterocycles. The number of nitrogens with zero attached hydrogens (tertiary/aromatic N) is 4. The first kappa shape index (κ1) is 31.9. The molecule has 0 saturated carbocycles. The number of furan rings is 1. The van der Waals surface area contributed by atoms with Crippen molar-refractivity contribution < 1.29 is 4.42 Å². The lowest BCUT2D eigenvalue weighted by atomic mass is 9.95. The van der Waals surface area contributed by atoms with Crippen molar-refractivity contribution in [3.63, 3.8) is 0 Å². The monoisotopic (exact) mass is 716 g/mol. The van der Waals surface area contributed by atoms with Gasteiger partial charge in [-0.3, -0.25) is 0 Å². The van der Waals surface area contributed by atoms with E-state index in [0.29, 0.717) is 17.5 Å². The molecule has 0 radical (unpaired) electrons. The van der Waals surface area contributed by atoms with Crippen molar-refractivity contribution in [3.05, 3.63) is 194 Å². The molecule has 0 atom stereocenters. The van der Waals surface area contributed by atoms with Gasteiger partial charge in [-0.1, -0.05) is 146 Å². The van der Waals surface area contributed by atoms with Crippen LogP contribution in [0, 0.1) is 0 Å². The van der Waals surface area contributed by atoms with Crippen LogP contribution in [0.3, 0.4) is 0 Å². The highest BCUT2D eigenvalue weighted by atomic mass is 16.3. The van der Waals surface area contributed by atoms with E-state index in [9.17, 15) is 0 Å². The summed E-state index contributed by atoms with van der Waals surface area (Å²) in [6.07, 6.45) is 0. The first-order valence-electron chi connectivity index (χ1n) is 18.8. The zero-order valence-corrected chi connectivity index (χ0v) is 30.2. The third-order valence-corrected chi connectivity index (χ3v) is 10.6. The van der Waals surface area contributed by atoms with Crippen molar-refractivity contribution in [2.75, 3.05) is 0 Å². The minimum atomic E-state index is 0.573. The Morgan fingerprint density at radius 2 is 0.964 bits per heavy atom. The normalized spacial score (nSPS) is 11.6. The van der Waals surface area contributed by atoms with E-state index < -0.39 is 0 Å². The second kappa shape index (κ2) is 13.0. The number of para-hydroxylation sites is 3. The Bertz CT molecular complexity index is 3230. The van der Waals surface area contributed by atoms with Crippen LogP contribution in [-0.2, 0) is 0 Å². The van der Waals surface area contributed by atoms with Crippen LogP contribution in [0.1, 0.15) is 0 Å². The van der Waals surface area contributed by atoms with E-state index in [-0.39, 0.29) is 0 Å². The average molecular weight is 717 g/mol. The van der Waals surface area contributed by atoms with Crippen LogP contribution in [0.4, 0.5) is 0 Å². The third-order valence-electron chi connectivity index (χ3n) is 10.6. The average Bonchev–Trinajstić information content (AvgIpc) is 3.83. The maximum absolute atomic E-state index is 6.80. The number of rotatable bonds is 6. The molecular formula is C51H32N4O. The summed E-state index contributed by atoms with van der Waals surface area (Å²) in [5.74, 6) is 1.78. The molecule has 0 unspecified atom stereocenters. The molecule has 0 saturated heterocycles. The summed E-state index contributed by atoms with van der Waals surface area (Å²) in [6.45, 7) is 0. The highest BCUT2D eigenvalue weighted by Gasteiger charge is 2.21. The molecule has 0 amide bonds. The summed E-state index contributed by atoms with van der Waals surface area (Å²) in [4.78, 5) is 15.5. The molecule has 5 nitrogen and oxygen atoms in total. The molecule has 5 heteroatoms. The van der Waals surface area contributed by atoms with E-state index in [2.05, 4.69) is 150 Å². The maximum atomic E-state index is 6.80. The third kappa shape index (κ3) is 5.29. The Labute approximate surface area is 322 Å². The highest BCUT2D eigenvalue weighted by molar-refractivity contribution is 6.14. The van der Waals surface area contributed by atoms with Gasteiger partial charge in [0, 0.05) is 49.5 Å². The molecule has 0 fully saturated rings. The Hall–Kier alpha value is -7.63. The summed E-state index contributed by atoms with van der Waals surface area (Å²) in [7, 11) is 0. The van der Waals surface area contributed by atoms with E-state index in [0.717, 1.165) is 83.0 Å². The van der Waals surface area contributed by atoms with Crippen molar-refractivity contribution in [1.82, 2.24) is 19.5 Å². The van der Waals surface area contributed by atoms with Gasteiger partial charge in [-0.15, -0.1) is 0 Å². The Balaban J connectivity index is 1.14. The number of aromatic nitrogens is 4. The van der Waals surface area contributed by atoms with Crippen LogP contribution in [-0.4, -0.2) is 19.5 Å². The minimum absolute atomic E-state index is 0.573. The standard InChI is InChI=1S/C51H32N4O/c1-5-16-33(17-6-1)37-30-43(34-18-7-2-8-19-34)48-44(31-37)40-29-28-36(32-46(40)56-48)50-52-49(35-20-9-3-10-21-35)53-51(54-50)42-26-15-25-41-39-24-13-14-27-45(39)55(47(41)42)38-22-11-4-12-23-38/h1-32H. The first-order chi connectivity index (χ1) is 27.8. The SMILES string of the molecule is c1ccc(-c2cc(-c3ccccc3)c3oc4cc(-c5nc(-c6ccccc6)nc(-c6cccc7c8ccccc8n(-c8ccccc8)c67)n5)ccc4c3c2)cc1. The summed E-state index contributed by atoms with van der Waals surface area (Å²) in [6, 6.07) is 67.3. The van der Waals surface area contributed by atoms with Gasteiger partial charge in [-0.05, 0) is 65.2 Å². The number of fused-ring (bicyclic) bond motifs is 6. The second-order valence-corrected chi connectivity index (χ2v) is 14.0. The van der Waals surface area contributed by atoms with Gasteiger partial charge >= 0.3 is 0 Å². The molecule has 0 aliphatic carbocycles. The Morgan fingerprint density at radius 3 is 1.71 bits per heavy atom. The topological polar surface area (TPSA) is 56.7 Å². The van der Waals surface area contributed by atoms with Gasteiger partial charge in [0.2, 0.25) is 0 Å². The molecule has 0 aliphatic rings. The molecule has 0 spiro atoms. The fourth-order valence-electron chi connectivity index (χ4n) is 8.03. The van der Waals surface area contributed by atoms with Crippen LogP contribution in [0.5, 0.6) is 0 Å². The van der Waals surface area contributed by atoms with Gasteiger partial charge in [-0.2, -0.15) is 0 Å². The lowest BCUT2D eigenvalue weighted by Crippen LogP contribution is -2.02. The predicted octanol–water partition coefficient (Wildman–Crippen LogP) is 13.2. The highest BCUT2D eigenvalue weighted by Crippen LogP contribution is 2.42. The number of hydrogen-bond donors (Lipinski definition) is 0. The molecular weight excluding hydrogens is 685 g/mol. The second-order valence-electron chi connectivity index (χ2n) is 14.0. The van der Waals surface area contributed by atoms with Gasteiger partial charge in [0.25, 0.3) is 0 Å². The van der Waals surface area contributed by atoms with Gasteiger partial charge in [0.1, 0.15) is 11.2 Å². The smallest absolute Gasteiger partial charge is 0.166 e. The lowest BCUT2D eigenvalue weighted by Gasteiger charge is -2.12. The van der Waals surface area contributed by atoms with E-state index >= 15 is 0 Å².